The van der Waals surface area contributed by atoms with E-state index in [0.717, 1.165) is 12.8 Å². The second-order valence-corrected chi connectivity index (χ2v) is 6.26. The van der Waals surface area contributed by atoms with Gasteiger partial charge in [0.2, 0.25) is 5.91 Å². The Morgan fingerprint density at radius 2 is 2.06 bits per heavy atom. The first-order valence-corrected chi connectivity index (χ1v) is 6.45. The molecule has 5 heteroatoms. The van der Waals surface area contributed by atoms with E-state index in [4.69, 9.17) is 22.7 Å². The zero-order chi connectivity index (χ0) is 12.8. The molecule has 96 valence electrons. The first-order valence-electron chi connectivity index (χ1n) is 6.04. The molecule has 1 saturated heterocycles. The molecule has 0 radical (unpaired) electrons. The second-order valence-electron chi connectivity index (χ2n) is 5.82. The molecule has 0 spiro atoms. The maximum atomic E-state index is 12.5. The van der Waals surface area contributed by atoms with Crippen molar-refractivity contribution < 1.29 is 9.53 Å². The van der Waals surface area contributed by atoms with E-state index in [1.54, 1.807) is 0 Å². The SMILES string of the molecule is CC1CN(C(=O)C2(C(N)=S)CC2)CC(C)(C)O1. The Hall–Kier alpha value is -0.680. The first-order chi connectivity index (χ1) is 7.77. The lowest BCUT2D eigenvalue weighted by molar-refractivity contribution is -0.160. The molecule has 1 heterocycles. The van der Waals surface area contributed by atoms with Crippen LogP contribution >= 0.6 is 12.2 Å². The fraction of sp³-hybridized carbons (Fsp3) is 0.833. The molecule has 17 heavy (non-hydrogen) atoms. The van der Waals surface area contributed by atoms with Crippen LogP contribution in [0.5, 0.6) is 0 Å². The van der Waals surface area contributed by atoms with Crippen LogP contribution in [-0.2, 0) is 9.53 Å². The molecule has 1 aliphatic carbocycles. The Balaban J connectivity index is 2.13. The lowest BCUT2D eigenvalue weighted by Gasteiger charge is -2.42. The molecular weight excluding hydrogens is 236 g/mol. The predicted octanol–water partition coefficient (Wildman–Crippen LogP) is 1.08. The molecule has 1 aliphatic heterocycles. The van der Waals surface area contributed by atoms with Crippen LogP contribution in [-0.4, -0.2) is 40.6 Å². The molecule has 2 fully saturated rings. The molecule has 0 bridgehead atoms. The van der Waals surface area contributed by atoms with Crippen LogP contribution in [0.3, 0.4) is 0 Å². The lowest BCUT2D eigenvalue weighted by Crippen LogP contribution is -2.56. The van der Waals surface area contributed by atoms with Crippen molar-refractivity contribution in [1.29, 1.82) is 0 Å². The summed E-state index contributed by atoms with van der Waals surface area (Å²) < 4.78 is 5.79. The number of carbonyl (C=O) groups is 1. The lowest BCUT2D eigenvalue weighted by atomic mass is 10.0. The topological polar surface area (TPSA) is 55.6 Å². The molecule has 1 saturated carbocycles. The summed E-state index contributed by atoms with van der Waals surface area (Å²) in [6.07, 6.45) is 1.66. The zero-order valence-electron chi connectivity index (χ0n) is 10.7. The number of hydrogen-bond acceptors (Lipinski definition) is 3. The molecule has 1 atom stereocenters. The van der Waals surface area contributed by atoms with Gasteiger partial charge in [0.1, 0.15) is 0 Å². The first kappa shape index (κ1) is 12.8. The highest BCUT2D eigenvalue weighted by atomic mass is 32.1. The number of rotatable bonds is 2. The van der Waals surface area contributed by atoms with Crippen molar-refractivity contribution >= 4 is 23.1 Å². The molecule has 0 aromatic rings. The maximum Gasteiger partial charge on any atom is 0.235 e. The minimum Gasteiger partial charge on any atom is -0.392 e. The van der Waals surface area contributed by atoms with Crippen molar-refractivity contribution in [2.75, 3.05) is 13.1 Å². The van der Waals surface area contributed by atoms with Crippen molar-refractivity contribution in [3.05, 3.63) is 0 Å². The van der Waals surface area contributed by atoms with E-state index >= 15 is 0 Å². The van der Waals surface area contributed by atoms with Gasteiger partial charge in [-0.15, -0.1) is 0 Å². The van der Waals surface area contributed by atoms with E-state index in [-0.39, 0.29) is 17.6 Å². The van der Waals surface area contributed by atoms with E-state index in [9.17, 15) is 4.79 Å². The van der Waals surface area contributed by atoms with E-state index in [2.05, 4.69) is 0 Å². The minimum absolute atomic E-state index is 0.0600. The van der Waals surface area contributed by atoms with Crippen molar-refractivity contribution in [3.8, 4) is 0 Å². The third-order valence-corrected chi connectivity index (χ3v) is 3.88. The molecule has 2 rings (SSSR count). The molecule has 0 aromatic heterocycles. The summed E-state index contributed by atoms with van der Waals surface area (Å²) in [5.74, 6) is 0.0909. The zero-order valence-corrected chi connectivity index (χ0v) is 11.5. The van der Waals surface area contributed by atoms with Crippen LogP contribution in [0.1, 0.15) is 33.6 Å². The van der Waals surface area contributed by atoms with Gasteiger partial charge in [0.25, 0.3) is 0 Å². The van der Waals surface area contributed by atoms with Gasteiger partial charge in [0.15, 0.2) is 0 Å². The highest BCUT2D eigenvalue weighted by Gasteiger charge is 2.55. The quantitative estimate of drug-likeness (QED) is 0.751. The Morgan fingerprint density at radius 3 is 2.47 bits per heavy atom. The van der Waals surface area contributed by atoms with Crippen molar-refractivity contribution in [3.63, 3.8) is 0 Å². The largest absolute Gasteiger partial charge is 0.392 e. The number of ether oxygens (including phenoxy) is 1. The highest BCUT2D eigenvalue weighted by molar-refractivity contribution is 7.80. The molecule has 2 N–H and O–H groups in total. The smallest absolute Gasteiger partial charge is 0.235 e. The average molecular weight is 256 g/mol. The van der Waals surface area contributed by atoms with Crippen LogP contribution in [0.2, 0.25) is 0 Å². The fourth-order valence-corrected chi connectivity index (χ4v) is 2.89. The summed E-state index contributed by atoms with van der Waals surface area (Å²) in [5.41, 5.74) is 4.86. The minimum atomic E-state index is -0.539. The van der Waals surface area contributed by atoms with Crippen LogP contribution in [0.15, 0.2) is 0 Å². The van der Waals surface area contributed by atoms with E-state index in [1.807, 2.05) is 25.7 Å². The maximum absolute atomic E-state index is 12.5. The average Bonchev–Trinajstić information content (AvgIpc) is 2.93. The van der Waals surface area contributed by atoms with Crippen molar-refractivity contribution in [1.82, 2.24) is 4.90 Å². The van der Waals surface area contributed by atoms with Gasteiger partial charge in [0.05, 0.1) is 22.1 Å². The number of hydrogen-bond donors (Lipinski definition) is 1. The van der Waals surface area contributed by atoms with Crippen LogP contribution in [0.4, 0.5) is 0 Å². The van der Waals surface area contributed by atoms with Gasteiger partial charge < -0.3 is 15.4 Å². The highest BCUT2D eigenvalue weighted by Crippen LogP contribution is 2.48. The van der Waals surface area contributed by atoms with Gasteiger partial charge in [-0.25, -0.2) is 0 Å². The molecule has 2 aliphatic rings. The van der Waals surface area contributed by atoms with Crippen LogP contribution in [0.25, 0.3) is 0 Å². The van der Waals surface area contributed by atoms with Crippen molar-refractivity contribution in [2.45, 2.75) is 45.3 Å². The van der Waals surface area contributed by atoms with Gasteiger partial charge in [0, 0.05) is 13.1 Å². The van der Waals surface area contributed by atoms with E-state index in [1.165, 1.54) is 0 Å². The fourth-order valence-electron chi connectivity index (χ4n) is 2.60. The number of nitrogens with zero attached hydrogens (tertiary/aromatic N) is 1. The third-order valence-electron chi connectivity index (χ3n) is 3.49. The number of morpholine rings is 1. The van der Waals surface area contributed by atoms with E-state index in [0.29, 0.717) is 18.1 Å². The second kappa shape index (κ2) is 3.92. The molecule has 1 amide bonds. The van der Waals surface area contributed by atoms with E-state index < -0.39 is 5.41 Å². The van der Waals surface area contributed by atoms with Crippen molar-refractivity contribution in [2.24, 2.45) is 11.1 Å². The Bertz CT molecular complexity index is 364. The molecule has 0 aromatic carbocycles. The number of nitrogens with two attached hydrogens (primary N) is 1. The Morgan fingerprint density at radius 1 is 1.47 bits per heavy atom. The summed E-state index contributed by atoms with van der Waals surface area (Å²) in [7, 11) is 0. The summed E-state index contributed by atoms with van der Waals surface area (Å²) in [6, 6.07) is 0. The predicted molar refractivity (Wildman–Crippen MR) is 69.7 cm³/mol. The van der Waals surface area contributed by atoms with Crippen LogP contribution in [0, 0.1) is 5.41 Å². The monoisotopic (exact) mass is 256 g/mol. The summed E-state index contributed by atoms with van der Waals surface area (Å²) in [4.78, 5) is 14.7. The normalized spacial score (nSPS) is 29.8. The van der Waals surface area contributed by atoms with Gasteiger partial charge in [-0.05, 0) is 33.6 Å². The van der Waals surface area contributed by atoms with Gasteiger partial charge in [-0.2, -0.15) is 0 Å². The molecule has 1 unspecified atom stereocenters. The summed E-state index contributed by atoms with van der Waals surface area (Å²) in [6.45, 7) is 7.24. The van der Waals surface area contributed by atoms with Gasteiger partial charge >= 0.3 is 0 Å². The number of amides is 1. The van der Waals surface area contributed by atoms with Gasteiger partial charge in [-0.1, -0.05) is 12.2 Å². The standard InChI is InChI=1S/C12H20N2O2S/c1-8-6-14(7-11(2,3)16-8)10(15)12(4-5-12)9(13)17/h8H,4-7H2,1-3H3,(H2,13,17). The van der Waals surface area contributed by atoms with Gasteiger partial charge in [-0.3, -0.25) is 4.79 Å². The number of thiocarbonyl (C=S) groups is 1. The van der Waals surface area contributed by atoms with Crippen LogP contribution < -0.4 is 5.73 Å². The molecule has 4 nitrogen and oxygen atoms in total. The summed E-state index contributed by atoms with van der Waals surface area (Å²) in [5, 5.41) is 0. The number of carbonyl (C=O) groups excluding carboxylic acids is 1. The Labute approximate surface area is 107 Å². The summed E-state index contributed by atoms with van der Waals surface area (Å²) >= 11 is 5.03. The third kappa shape index (κ3) is 2.31. The molecular formula is C12H20N2O2S. The Kier molecular flexibility index (Phi) is 2.94.